The zero-order valence-corrected chi connectivity index (χ0v) is 8.95. The van der Waals surface area contributed by atoms with Crippen molar-refractivity contribution in [3.8, 4) is 0 Å². The van der Waals surface area contributed by atoms with Gasteiger partial charge in [0.1, 0.15) is 0 Å². The highest BCUT2D eigenvalue weighted by Gasteiger charge is 2.04. The molecule has 0 radical (unpaired) electrons. The van der Waals surface area contributed by atoms with Crippen LogP contribution in [0.5, 0.6) is 0 Å². The van der Waals surface area contributed by atoms with E-state index in [1.165, 1.54) is 0 Å². The Hall–Kier alpha value is -0.163. The topological polar surface area (TPSA) is 27.7 Å². The van der Waals surface area contributed by atoms with Crippen LogP contribution >= 0.6 is 0 Å². The Balaban J connectivity index is 0. The molecule has 0 saturated heterocycles. The Morgan fingerprint density at radius 1 is 1.18 bits per heavy atom. The smallest absolute Gasteiger partial charge is 0.379 e. The minimum atomic E-state index is -1.67. The van der Waals surface area contributed by atoms with Gasteiger partial charge in [0.2, 0.25) is 0 Å². The SMILES string of the molecule is C=CCC.CO[SiH](OC)OC. The molecular weight excluding hydrogens is 160 g/mol. The molecule has 0 bridgehead atoms. The van der Waals surface area contributed by atoms with Crippen molar-refractivity contribution in [2.24, 2.45) is 0 Å². The van der Waals surface area contributed by atoms with Gasteiger partial charge in [0, 0.05) is 21.3 Å². The summed E-state index contributed by atoms with van der Waals surface area (Å²) in [5.74, 6) is 0. The van der Waals surface area contributed by atoms with Gasteiger partial charge >= 0.3 is 9.53 Å². The first-order chi connectivity index (χ1) is 5.26. The van der Waals surface area contributed by atoms with Crippen LogP contribution in [0, 0.1) is 0 Å². The molecule has 0 spiro atoms. The average molecular weight is 178 g/mol. The molecule has 0 aromatic carbocycles. The van der Waals surface area contributed by atoms with Crippen molar-refractivity contribution < 1.29 is 13.3 Å². The Morgan fingerprint density at radius 3 is 1.45 bits per heavy atom. The van der Waals surface area contributed by atoms with Crippen molar-refractivity contribution in [3.63, 3.8) is 0 Å². The van der Waals surface area contributed by atoms with Crippen LogP contribution in [0.3, 0.4) is 0 Å². The van der Waals surface area contributed by atoms with Crippen molar-refractivity contribution >= 4 is 9.53 Å². The van der Waals surface area contributed by atoms with Gasteiger partial charge in [-0.1, -0.05) is 13.0 Å². The standard InChI is InChI=1S/C4H8.C3H10O3Si/c1-3-4-2;1-4-7(5-2)6-3/h3H,1,4H2,2H3;7H,1-3H3. The first-order valence-corrected chi connectivity index (χ1v) is 4.87. The fraction of sp³-hybridized carbons (Fsp3) is 0.714. The summed E-state index contributed by atoms with van der Waals surface area (Å²) in [6.45, 7) is 5.54. The van der Waals surface area contributed by atoms with Gasteiger partial charge in [-0.05, 0) is 6.42 Å². The predicted octanol–water partition coefficient (Wildman–Crippen LogP) is 1.23. The summed E-state index contributed by atoms with van der Waals surface area (Å²) in [4.78, 5) is 0. The van der Waals surface area contributed by atoms with Gasteiger partial charge in [-0.2, -0.15) is 0 Å². The molecule has 0 aliphatic rings. The van der Waals surface area contributed by atoms with E-state index < -0.39 is 9.53 Å². The summed E-state index contributed by atoms with van der Waals surface area (Å²) in [6, 6.07) is 0. The van der Waals surface area contributed by atoms with Crippen LogP contribution < -0.4 is 0 Å². The summed E-state index contributed by atoms with van der Waals surface area (Å²) in [5, 5.41) is 0. The highest BCUT2D eigenvalue weighted by molar-refractivity contribution is 6.36. The molecule has 0 fully saturated rings. The molecule has 11 heavy (non-hydrogen) atoms. The maximum atomic E-state index is 4.74. The third-order valence-corrected chi connectivity index (χ3v) is 2.02. The van der Waals surface area contributed by atoms with Gasteiger partial charge in [-0.15, -0.1) is 6.58 Å². The second kappa shape index (κ2) is 12.5. The minimum absolute atomic E-state index is 1.08. The lowest BCUT2D eigenvalue weighted by Gasteiger charge is -2.05. The largest absolute Gasteiger partial charge is 0.483 e. The minimum Gasteiger partial charge on any atom is -0.379 e. The van der Waals surface area contributed by atoms with E-state index in [1.54, 1.807) is 21.3 Å². The summed E-state index contributed by atoms with van der Waals surface area (Å²) < 4.78 is 14.2. The molecule has 0 aliphatic carbocycles. The van der Waals surface area contributed by atoms with Crippen LogP contribution in [0.4, 0.5) is 0 Å². The van der Waals surface area contributed by atoms with Crippen molar-refractivity contribution in [2.45, 2.75) is 13.3 Å². The molecule has 0 atom stereocenters. The van der Waals surface area contributed by atoms with E-state index in [0.717, 1.165) is 6.42 Å². The fourth-order valence-corrected chi connectivity index (χ4v) is 0.866. The van der Waals surface area contributed by atoms with E-state index in [1.807, 2.05) is 6.08 Å². The molecule has 0 N–H and O–H groups in total. The summed E-state index contributed by atoms with van der Waals surface area (Å²) in [5.41, 5.74) is 0. The lowest BCUT2D eigenvalue weighted by molar-refractivity contribution is 0.163. The molecule has 0 amide bonds. The third kappa shape index (κ3) is 12.9. The first kappa shape index (κ1) is 13.4. The molecular formula is C7H18O3Si. The molecule has 0 aliphatic heterocycles. The van der Waals surface area contributed by atoms with Crippen molar-refractivity contribution in [3.05, 3.63) is 12.7 Å². The van der Waals surface area contributed by atoms with Gasteiger partial charge in [0.05, 0.1) is 0 Å². The highest BCUT2D eigenvalue weighted by Crippen LogP contribution is 1.81. The number of rotatable bonds is 4. The Labute approximate surface area is 70.9 Å². The summed E-state index contributed by atoms with van der Waals surface area (Å²) in [6.07, 6.45) is 2.96. The first-order valence-electron chi connectivity index (χ1n) is 3.46. The van der Waals surface area contributed by atoms with Crippen molar-refractivity contribution in [2.75, 3.05) is 21.3 Å². The zero-order chi connectivity index (χ0) is 9.11. The maximum absolute atomic E-state index is 4.74. The third-order valence-electron chi connectivity index (χ3n) is 0.866. The Kier molecular flexibility index (Phi) is 15.3. The Bertz CT molecular complexity index is 68.6. The van der Waals surface area contributed by atoms with E-state index in [4.69, 9.17) is 13.3 Å². The van der Waals surface area contributed by atoms with Crippen LogP contribution in [0.2, 0.25) is 0 Å². The van der Waals surface area contributed by atoms with Crippen LogP contribution in [0.25, 0.3) is 0 Å². The number of hydrogen-bond donors (Lipinski definition) is 0. The van der Waals surface area contributed by atoms with Gasteiger partial charge in [-0.25, -0.2) is 0 Å². The molecule has 68 valence electrons. The summed E-state index contributed by atoms with van der Waals surface area (Å²) in [7, 11) is 3.05. The lowest BCUT2D eigenvalue weighted by Crippen LogP contribution is -2.21. The fourth-order valence-electron chi connectivity index (χ4n) is 0.289. The molecule has 0 saturated carbocycles. The molecule has 0 heterocycles. The second-order valence-electron chi connectivity index (χ2n) is 1.69. The number of allylic oxidation sites excluding steroid dienone is 1. The van der Waals surface area contributed by atoms with Crippen LogP contribution in [-0.2, 0) is 13.3 Å². The van der Waals surface area contributed by atoms with Crippen molar-refractivity contribution in [1.29, 1.82) is 0 Å². The van der Waals surface area contributed by atoms with Crippen LogP contribution in [0.15, 0.2) is 12.7 Å². The monoisotopic (exact) mass is 178 g/mol. The molecule has 0 rings (SSSR count). The number of hydrogen-bond acceptors (Lipinski definition) is 3. The normalized spacial score (nSPS) is 8.82. The summed E-state index contributed by atoms with van der Waals surface area (Å²) >= 11 is 0. The molecule has 4 heteroatoms. The lowest BCUT2D eigenvalue weighted by atomic mass is 10.5. The van der Waals surface area contributed by atoms with E-state index in [0.29, 0.717) is 0 Å². The van der Waals surface area contributed by atoms with Gasteiger partial charge in [-0.3, -0.25) is 0 Å². The molecule has 3 nitrogen and oxygen atoms in total. The quantitative estimate of drug-likeness (QED) is 0.478. The van der Waals surface area contributed by atoms with Gasteiger partial charge in [0.15, 0.2) is 0 Å². The maximum Gasteiger partial charge on any atom is 0.483 e. The van der Waals surface area contributed by atoms with E-state index in [9.17, 15) is 0 Å². The molecule has 0 aromatic heterocycles. The molecule has 0 unspecified atom stereocenters. The van der Waals surface area contributed by atoms with E-state index in [-0.39, 0.29) is 0 Å². The van der Waals surface area contributed by atoms with E-state index >= 15 is 0 Å². The van der Waals surface area contributed by atoms with Crippen LogP contribution in [-0.4, -0.2) is 30.9 Å². The van der Waals surface area contributed by atoms with Gasteiger partial charge < -0.3 is 13.3 Å². The van der Waals surface area contributed by atoms with Gasteiger partial charge in [0.25, 0.3) is 0 Å². The van der Waals surface area contributed by atoms with Crippen molar-refractivity contribution in [1.82, 2.24) is 0 Å². The Morgan fingerprint density at radius 2 is 1.45 bits per heavy atom. The highest BCUT2D eigenvalue weighted by atomic mass is 28.3. The second-order valence-corrected chi connectivity index (χ2v) is 3.68. The zero-order valence-electron chi connectivity index (χ0n) is 7.79. The predicted molar refractivity (Wildman–Crippen MR) is 48.7 cm³/mol. The van der Waals surface area contributed by atoms with Crippen LogP contribution in [0.1, 0.15) is 13.3 Å². The average Bonchev–Trinajstić information content (AvgIpc) is 2.08. The van der Waals surface area contributed by atoms with E-state index in [2.05, 4.69) is 13.5 Å². The molecule has 0 aromatic rings.